The molecule has 4 nitrogen and oxygen atoms in total. The van der Waals surface area contributed by atoms with Crippen molar-refractivity contribution in [2.45, 2.75) is 16.2 Å². The maximum atomic E-state index is 13.5. The van der Waals surface area contributed by atoms with E-state index in [-0.39, 0.29) is 9.79 Å². The molecule has 0 spiro atoms. The fourth-order valence-corrected chi connectivity index (χ4v) is 5.12. The summed E-state index contributed by atoms with van der Waals surface area (Å²) in [5.74, 6) is 1.03. The summed E-state index contributed by atoms with van der Waals surface area (Å²) in [6, 6.07) is 21.5. The van der Waals surface area contributed by atoms with E-state index in [1.54, 1.807) is 43.5 Å². The predicted molar refractivity (Wildman–Crippen MR) is 112 cm³/mol. The normalized spacial score (nSPS) is 11.6. The van der Waals surface area contributed by atoms with Crippen LogP contribution in [0.15, 0.2) is 91.5 Å². The van der Waals surface area contributed by atoms with Gasteiger partial charge < -0.3 is 9.15 Å². The van der Waals surface area contributed by atoms with Gasteiger partial charge in [0, 0.05) is 16.3 Å². The third kappa shape index (κ3) is 3.45. The topological polar surface area (TPSA) is 56.5 Å². The number of hydrogen-bond acceptors (Lipinski definition) is 4. The van der Waals surface area contributed by atoms with Crippen LogP contribution >= 0.6 is 15.9 Å². The molecule has 28 heavy (non-hydrogen) atoms. The number of ether oxygens (including phenoxy) is 1. The Morgan fingerprint density at radius 3 is 2.36 bits per heavy atom. The number of benzene rings is 3. The van der Waals surface area contributed by atoms with E-state index < -0.39 is 9.84 Å². The first kappa shape index (κ1) is 18.8. The van der Waals surface area contributed by atoms with Crippen LogP contribution in [0.4, 0.5) is 0 Å². The Balaban J connectivity index is 1.92. The van der Waals surface area contributed by atoms with E-state index in [9.17, 15) is 8.42 Å². The van der Waals surface area contributed by atoms with Crippen molar-refractivity contribution < 1.29 is 17.6 Å². The van der Waals surface area contributed by atoms with Gasteiger partial charge in [-0.2, -0.15) is 0 Å². The fraction of sp³-hybridized carbons (Fsp3) is 0.0909. The molecule has 3 aromatic carbocycles. The zero-order chi connectivity index (χ0) is 19.7. The van der Waals surface area contributed by atoms with E-state index in [0.717, 1.165) is 10.0 Å². The third-order valence-corrected chi connectivity index (χ3v) is 6.89. The SMILES string of the molecule is COc1ccc(S(=O)(=O)c2c(Cc3ccccc3)oc3ccc(Br)cc23)cc1. The second-order valence-electron chi connectivity index (χ2n) is 6.34. The first-order valence-corrected chi connectivity index (χ1v) is 10.9. The molecule has 1 heterocycles. The van der Waals surface area contributed by atoms with Crippen molar-refractivity contribution >= 4 is 36.7 Å². The highest BCUT2D eigenvalue weighted by molar-refractivity contribution is 9.10. The molecule has 0 amide bonds. The van der Waals surface area contributed by atoms with Crippen LogP contribution in [0.3, 0.4) is 0 Å². The lowest BCUT2D eigenvalue weighted by Crippen LogP contribution is -2.05. The predicted octanol–water partition coefficient (Wildman–Crippen LogP) is 5.63. The molecule has 0 N–H and O–H groups in total. The summed E-state index contributed by atoms with van der Waals surface area (Å²) < 4.78 is 38.9. The van der Waals surface area contributed by atoms with Crippen molar-refractivity contribution in [2.24, 2.45) is 0 Å². The number of halogens is 1. The van der Waals surface area contributed by atoms with Crippen LogP contribution in [-0.4, -0.2) is 15.5 Å². The molecular weight excluding hydrogens is 440 g/mol. The van der Waals surface area contributed by atoms with Crippen molar-refractivity contribution in [2.75, 3.05) is 7.11 Å². The number of methoxy groups -OCH3 is 1. The Labute approximate surface area is 171 Å². The molecule has 0 aliphatic carbocycles. The average molecular weight is 457 g/mol. The van der Waals surface area contributed by atoms with Crippen LogP contribution in [0.25, 0.3) is 11.0 Å². The van der Waals surface area contributed by atoms with Gasteiger partial charge in [0.15, 0.2) is 0 Å². The Hall–Kier alpha value is -2.57. The number of rotatable bonds is 5. The first-order chi connectivity index (χ1) is 13.5. The minimum absolute atomic E-state index is 0.199. The molecule has 6 heteroatoms. The Morgan fingerprint density at radius 2 is 1.68 bits per heavy atom. The number of furan rings is 1. The van der Waals surface area contributed by atoms with Gasteiger partial charge in [0.05, 0.1) is 12.0 Å². The average Bonchev–Trinajstić information content (AvgIpc) is 3.06. The van der Waals surface area contributed by atoms with Gasteiger partial charge in [0.25, 0.3) is 0 Å². The van der Waals surface area contributed by atoms with Crippen molar-refractivity contribution in [3.63, 3.8) is 0 Å². The molecule has 0 saturated heterocycles. The first-order valence-electron chi connectivity index (χ1n) is 8.63. The smallest absolute Gasteiger partial charge is 0.210 e. The Kier molecular flexibility index (Phi) is 5.00. The van der Waals surface area contributed by atoms with Crippen LogP contribution in [0.1, 0.15) is 11.3 Å². The van der Waals surface area contributed by atoms with Crippen LogP contribution in [-0.2, 0) is 16.3 Å². The third-order valence-electron chi connectivity index (χ3n) is 4.52. The molecular formula is C22H17BrO4S. The molecule has 0 unspecified atom stereocenters. The Morgan fingerprint density at radius 1 is 0.964 bits per heavy atom. The minimum atomic E-state index is -3.78. The molecule has 1 aromatic heterocycles. The van der Waals surface area contributed by atoms with Gasteiger partial charge in [0.2, 0.25) is 9.84 Å². The zero-order valence-electron chi connectivity index (χ0n) is 15.1. The quantitative estimate of drug-likeness (QED) is 0.390. The van der Waals surface area contributed by atoms with Gasteiger partial charge in [-0.05, 0) is 48.0 Å². The van der Waals surface area contributed by atoms with E-state index >= 15 is 0 Å². The Bertz CT molecular complexity index is 1230. The molecule has 4 aromatic rings. The second kappa shape index (κ2) is 7.45. The van der Waals surface area contributed by atoms with E-state index in [1.807, 2.05) is 36.4 Å². The minimum Gasteiger partial charge on any atom is -0.497 e. The molecule has 142 valence electrons. The second-order valence-corrected chi connectivity index (χ2v) is 9.14. The summed E-state index contributed by atoms with van der Waals surface area (Å²) in [7, 11) is -2.24. The van der Waals surface area contributed by atoms with Crippen LogP contribution in [0.2, 0.25) is 0 Å². The van der Waals surface area contributed by atoms with Gasteiger partial charge in [0.1, 0.15) is 22.0 Å². The molecule has 0 aliphatic rings. The molecule has 4 rings (SSSR count). The highest BCUT2D eigenvalue weighted by Gasteiger charge is 2.28. The molecule has 0 saturated carbocycles. The summed E-state index contributed by atoms with van der Waals surface area (Å²) in [5, 5.41) is 0.566. The number of hydrogen-bond donors (Lipinski definition) is 0. The standard InChI is InChI=1S/C22H17BrO4S/c1-26-17-8-10-18(11-9-17)28(24,25)22-19-14-16(23)7-12-20(19)27-21(22)13-15-5-3-2-4-6-15/h2-12,14H,13H2,1H3. The van der Waals surface area contributed by atoms with Crippen molar-refractivity contribution in [1.29, 1.82) is 0 Å². The number of fused-ring (bicyclic) bond motifs is 1. The van der Waals surface area contributed by atoms with Gasteiger partial charge >= 0.3 is 0 Å². The highest BCUT2D eigenvalue weighted by Crippen LogP contribution is 2.37. The molecule has 0 radical (unpaired) electrons. The van der Waals surface area contributed by atoms with E-state index in [2.05, 4.69) is 15.9 Å². The summed E-state index contributed by atoms with van der Waals surface area (Å²) in [5.41, 5.74) is 1.52. The van der Waals surface area contributed by atoms with Gasteiger partial charge in [-0.1, -0.05) is 46.3 Å². The lowest BCUT2D eigenvalue weighted by atomic mass is 10.1. The number of sulfone groups is 1. The lowest BCUT2D eigenvalue weighted by Gasteiger charge is -2.07. The molecule has 0 fully saturated rings. The highest BCUT2D eigenvalue weighted by atomic mass is 79.9. The van der Waals surface area contributed by atoms with Crippen molar-refractivity contribution in [3.05, 3.63) is 88.6 Å². The van der Waals surface area contributed by atoms with Gasteiger partial charge in [-0.25, -0.2) is 8.42 Å². The zero-order valence-corrected chi connectivity index (χ0v) is 17.5. The van der Waals surface area contributed by atoms with Gasteiger partial charge in [-0.15, -0.1) is 0 Å². The monoisotopic (exact) mass is 456 g/mol. The van der Waals surface area contributed by atoms with Gasteiger partial charge in [-0.3, -0.25) is 0 Å². The molecule has 0 aliphatic heterocycles. The summed E-state index contributed by atoms with van der Waals surface area (Å²) >= 11 is 3.43. The maximum Gasteiger partial charge on any atom is 0.210 e. The fourth-order valence-electron chi connectivity index (χ4n) is 3.16. The van der Waals surface area contributed by atoms with E-state index in [0.29, 0.717) is 28.9 Å². The largest absolute Gasteiger partial charge is 0.497 e. The lowest BCUT2D eigenvalue weighted by molar-refractivity contribution is 0.414. The van der Waals surface area contributed by atoms with Crippen molar-refractivity contribution in [3.8, 4) is 5.75 Å². The van der Waals surface area contributed by atoms with Crippen LogP contribution in [0.5, 0.6) is 5.75 Å². The summed E-state index contributed by atoms with van der Waals surface area (Å²) in [6.07, 6.45) is 0.387. The van der Waals surface area contributed by atoms with E-state index in [4.69, 9.17) is 9.15 Å². The van der Waals surface area contributed by atoms with Crippen LogP contribution < -0.4 is 4.74 Å². The maximum absolute atomic E-state index is 13.5. The van der Waals surface area contributed by atoms with Crippen LogP contribution in [0, 0.1) is 0 Å². The molecule has 0 atom stereocenters. The van der Waals surface area contributed by atoms with Crippen molar-refractivity contribution in [1.82, 2.24) is 0 Å². The summed E-state index contributed by atoms with van der Waals surface area (Å²) in [6.45, 7) is 0. The van der Waals surface area contributed by atoms with E-state index in [1.165, 1.54) is 0 Å². The molecule has 0 bridgehead atoms. The summed E-state index contributed by atoms with van der Waals surface area (Å²) in [4.78, 5) is 0.406.